The Morgan fingerprint density at radius 3 is 2.55 bits per heavy atom. The van der Waals surface area contributed by atoms with Crippen LogP contribution in [-0.4, -0.2) is 83.7 Å². The second-order valence-electron chi connectivity index (χ2n) is 6.90. The third-order valence-electron chi connectivity index (χ3n) is 5.01. The van der Waals surface area contributed by atoms with Crippen molar-refractivity contribution in [1.29, 1.82) is 0 Å². The third kappa shape index (κ3) is 5.21. The van der Waals surface area contributed by atoms with Crippen LogP contribution in [0.1, 0.15) is 46.0 Å². The normalized spacial score (nSPS) is 26.1. The molecule has 0 bridgehead atoms. The molecule has 0 aromatic rings. The van der Waals surface area contributed by atoms with Crippen LogP contribution in [0.15, 0.2) is 0 Å². The Labute approximate surface area is 135 Å². The first-order valence-electron chi connectivity index (χ1n) is 9.02. The van der Waals surface area contributed by atoms with E-state index in [9.17, 15) is 9.90 Å². The molecule has 2 heterocycles. The largest absolute Gasteiger partial charge is 0.392 e. The van der Waals surface area contributed by atoms with E-state index in [4.69, 9.17) is 0 Å². The average molecular weight is 311 g/mol. The Morgan fingerprint density at radius 2 is 1.91 bits per heavy atom. The predicted octanol–water partition coefficient (Wildman–Crippen LogP) is 1.17. The molecule has 2 aliphatic rings. The summed E-state index contributed by atoms with van der Waals surface area (Å²) in [6, 6.07) is 0.508. The number of piperazine rings is 1. The first-order valence-corrected chi connectivity index (χ1v) is 9.02. The summed E-state index contributed by atoms with van der Waals surface area (Å²) in [5.41, 5.74) is 0. The van der Waals surface area contributed by atoms with Crippen molar-refractivity contribution >= 4 is 5.91 Å². The van der Waals surface area contributed by atoms with Crippen LogP contribution in [0.25, 0.3) is 0 Å². The molecule has 0 saturated carbocycles. The molecule has 1 N–H and O–H groups in total. The van der Waals surface area contributed by atoms with Crippen molar-refractivity contribution in [3.8, 4) is 0 Å². The first kappa shape index (κ1) is 17.7. The summed E-state index contributed by atoms with van der Waals surface area (Å²) in [4.78, 5) is 19.1. The maximum atomic E-state index is 12.3. The van der Waals surface area contributed by atoms with E-state index in [1.165, 1.54) is 19.3 Å². The van der Waals surface area contributed by atoms with Crippen LogP contribution in [-0.2, 0) is 4.79 Å². The predicted molar refractivity (Wildman–Crippen MR) is 88.8 cm³/mol. The quantitative estimate of drug-likeness (QED) is 0.800. The Kier molecular flexibility index (Phi) is 7.12. The summed E-state index contributed by atoms with van der Waals surface area (Å²) in [5, 5.41) is 9.60. The number of piperidine rings is 1. The Morgan fingerprint density at radius 1 is 1.18 bits per heavy atom. The minimum Gasteiger partial charge on any atom is -0.392 e. The SMILES string of the molecule is CCC1CN(CCC(=O)N2CCCCC2)CCN1CC(C)O. The van der Waals surface area contributed by atoms with Crippen LogP contribution in [0.3, 0.4) is 0 Å². The number of carbonyl (C=O) groups is 1. The van der Waals surface area contributed by atoms with Gasteiger partial charge in [0.15, 0.2) is 0 Å². The number of nitrogens with zero attached hydrogens (tertiary/aromatic N) is 3. The molecule has 2 saturated heterocycles. The average Bonchev–Trinajstić information content (AvgIpc) is 2.54. The summed E-state index contributed by atoms with van der Waals surface area (Å²) in [5.74, 6) is 0.333. The van der Waals surface area contributed by atoms with Crippen molar-refractivity contribution < 1.29 is 9.90 Å². The highest BCUT2D eigenvalue weighted by Gasteiger charge is 2.27. The van der Waals surface area contributed by atoms with Crippen molar-refractivity contribution in [2.24, 2.45) is 0 Å². The fourth-order valence-electron chi connectivity index (χ4n) is 3.68. The number of aliphatic hydroxyl groups is 1. The van der Waals surface area contributed by atoms with Gasteiger partial charge in [-0.05, 0) is 32.6 Å². The van der Waals surface area contributed by atoms with Crippen molar-refractivity contribution in [3.05, 3.63) is 0 Å². The molecule has 2 atom stereocenters. The van der Waals surface area contributed by atoms with E-state index in [1.54, 1.807) is 0 Å². The third-order valence-corrected chi connectivity index (χ3v) is 5.01. The molecule has 0 aromatic carbocycles. The van der Waals surface area contributed by atoms with E-state index in [2.05, 4.69) is 16.7 Å². The lowest BCUT2D eigenvalue weighted by Gasteiger charge is -2.41. The Hall–Kier alpha value is -0.650. The maximum Gasteiger partial charge on any atom is 0.223 e. The lowest BCUT2D eigenvalue weighted by atomic mass is 10.1. The molecular formula is C17H33N3O2. The number of hydrogen-bond acceptors (Lipinski definition) is 4. The first-order chi connectivity index (χ1) is 10.6. The van der Waals surface area contributed by atoms with Gasteiger partial charge in [0, 0.05) is 58.3 Å². The van der Waals surface area contributed by atoms with Gasteiger partial charge in [0.1, 0.15) is 0 Å². The molecule has 2 fully saturated rings. The molecule has 5 nitrogen and oxygen atoms in total. The smallest absolute Gasteiger partial charge is 0.223 e. The van der Waals surface area contributed by atoms with Gasteiger partial charge < -0.3 is 10.0 Å². The zero-order chi connectivity index (χ0) is 15.9. The molecule has 2 aliphatic heterocycles. The minimum absolute atomic E-state index is 0.263. The molecule has 22 heavy (non-hydrogen) atoms. The van der Waals surface area contributed by atoms with Crippen molar-refractivity contribution in [2.75, 3.05) is 45.8 Å². The number of β-amino-alcohol motifs (C(OH)–C–C–N with tert-alkyl or cyclic N) is 1. The van der Waals surface area contributed by atoms with Gasteiger partial charge in [0.05, 0.1) is 6.10 Å². The topological polar surface area (TPSA) is 47.0 Å². The standard InChI is InChI=1S/C17H33N3O2/c1-3-16-14-18(11-12-20(16)13-15(2)21)10-7-17(22)19-8-5-4-6-9-19/h15-16,21H,3-14H2,1-2H3. The van der Waals surface area contributed by atoms with Crippen LogP contribution < -0.4 is 0 Å². The fourth-order valence-corrected chi connectivity index (χ4v) is 3.68. The van der Waals surface area contributed by atoms with Gasteiger partial charge in [-0.2, -0.15) is 0 Å². The highest BCUT2D eigenvalue weighted by molar-refractivity contribution is 5.76. The van der Waals surface area contributed by atoms with Crippen molar-refractivity contribution in [2.45, 2.75) is 58.1 Å². The van der Waals surface area contributed by atoms with Crippen LogP contribution in [0, 0.1) is 0 Å². The monoisotopic (exact) mass is 311 g/mol. The van der Waals surface area contributed by atoms with E-state index in [0.717, 1.165) is 52.2 Å². The van der Waals surface area contributed by atoms with Gasteiger partial charge in [-0.1, -0.05) is 6.92 Å². The zero-order valence-corrected chi connectivity index (χ0v) is 14.3. The number of hydrogen-bond donors (Lipinski definition) is 1. The fraction of sp³-hybridized carbons (Fsp3) is 0.941. The van der Waals surface area contributed by atoms with E-state index >= 15 is 0 Å². The second kappa shape index (κ2) is 8.85. The van der Waals surface area contributed by atoms with Gasteiger partial charge >= 0.3 is 0 Å². The van der Waals surface area contributed by atoms with Crippen LogP contribution >= 0.6 is 0 Å². The second-order valence-corrected chi connectivity index (χ2v) is 6.90. The summed E-state index contributed by atoms with van der Waals surface area (Å²) in [6.07, 6.45) is 5.11. The molecule has 0 aromatic heterocycles. The Bertz CT molecular complexity index is 343. The summed E-state index contributed by atoms with van der Waals surface area (Å²) in [6.45, 7) is 10.7. The van der Waals surface area contributed by atoms with E-state index in [1.807, 2.05) is 11.8 Å². The van der Waals surface area contributed by atoms with Gasteiger partial charge in [-0.15, -0.1) is 0 Å². The van der Waals surface area contributed by atoms with Gasteiger partial charge in [0.25, 0.3) is 0 Å². The zero-order valence-electron chi connectivity index (χ0n) is 14.3. The molecule has 128 valence electrons. The number of likely N-dealkylation sites (tertiary alicyclic amines) is 1. The molecular weight excluding hydrogens is 278 g/mol. The van der Waals surface area contributed by atoms with Crippen LogP contribution in [0.4, 0.5) is 0 Å². The van der Waals surface area contributed by atoms with E-state index in [-0.39, 0.29) is 6.10 Å². The molecule has 2 unspecified atom stereocenters. The summed E-state index contributed by atoms with van der Waals surface area (Å²) in [7, 11) is 0. The number of amides is 1. The van der Waals surface area contributed by atoms with Gasteiger partial charge in [0.2, 0.25) is 5.91 Å². The minimum atomic E-state index is -0.263. The van der Waals surface area contributed by atoms with Crippen molar-refractivity contribution in [1.82, 2.24) is 14.7 Å². The molecule has 1 amide bonds. The lowest BCUT2D eigenvalue weighted by molar-refractivity contribution is -0.132. The van der Waals surface area contributed by atoms with E-state index in [0.29, 0.717) is 18.4 Å². The summed E-state index contributed by atoms with van der Waals surface area (Å²) < 4.78 is 0. The molecule has 5 heteroatoms. The molecule has 0 aliphatic carbocycles. The molecule has 0 spiro atoms. The maximum absolute atomic E-state index is 12.3. The van der Waals surface area contributed by atoms with Crippen LogP contribution in [0.2, 0.25) is 0 Å². The Balaban J connectivity index is 1.73. The van der Waals surface area contributed by atoms with Crippen molar-refractivity contribution in [3.63, 3.8) is 0 Å². The summed E-state index contributed by atoms with van der Waals surface area (Å²) >= 11 is 0. The molecule has 0 radical (unpaired) electrons. The number of rotatable bonds is 6. The van der Waals surface area contributed by atoms with Gasteiger partial charge in [-0.25, -0.2) is 0 Å². The highest BCUT2D eigenvalue weighted by Crippen LogP contribution is 2.15. The van der Waals surface area contributed by atoms with E-state index < -0.39 is 0 Å². The number of aliphatic hydroxyl groups excluding tert-OH is 1. The number of carbonyl (C=O) groups excluding carboxylic acids is 1. The van der Waals surface area contributed by atoms with Crippen LogP contribution in [0.5, 0.6) is 0 Å². The molecule has 2 rings (SSSR count). The highest BCUT2D eigenvalue weighted by atomic mass is 16.3. The lowest BCUT2D eigenvalue weighted by Crippen LogP contribution is -2.54. The van der Waals surface area contributed by atoms with Gasteiger partial charge in [-0.3, -0.25) is 14.6 Å².